The fourth-order valence-corrected chi connectivity index (χ4v) is 6.60. The Morgan fingerprint density at radius 3 is 1.55 bits per heavy atom. The molecule has 6 aromatic rings. The van der Waals surface area contributed by atoms with Gasteiger partial charge in [-0.05, 0) is 66.7 Å². The first-order chi connectivity index (χ1) is 29.0. The lowest BCUT2D eigenvalue weighted by Crippen LogP contribution is -2.27. The molecule has 0 fully saturated rings. The van der Waals surface area contributed by atoms with Gasteiger partial charge in [-0.25, -0.2) is 33.7 Å². The second-order valence-corrected chi connectivity index (χ2v) is 13.7. The summed E-state index contributed by atoms with van der Waals surface area (Å²) < 4.78 is 26.3. The van der Waals surface area contributed by atoms with Gasteiger partial charge in [-0.15, -0.1) is 0 Å². The Bertz CT molecular complexity index is 2520. The number of anilines is 1. The van der Waals surface area contributed by atoms with E-state index in [2.05, 4.69) is 29.9 Å². The Morgan fingerprint density at radius 2 is 1.10 bits per heavy atom. The Kier molecular flexibility index (Phi) is 13.5. The number of fused-ring (bicyclic) bond motifs is 2. The molecule has 0 spiro atoms. The van der Waals surface area contributed by atoms with Crippen molar-refractivity contribution in [3.8, 4) is 22.5 Å². The average Bonchev–Trinajstić information content (AvgIpc) is 3.90. The van der Waals surface area contributed by atoms with Crippen molar-refractivity contribution in [3.63, 3.8) is 0 Å². The van der Waals surface area contributed by atoms with Crippen molar-refractivity contribution in [3.05, 3.63) is 152 Å². The Balaban J connectivity index is 0.000000194. The number of pyridine rings is 2. The molecule has 0 aliphatic carbocycles. The number of carbonyl (C=O) groups is 2. The van der Waals surface area contributed by atoms with Gasteiger partial charge in [-0.3, -0.25) is 24.7 Å². The lowest BCUT2D eigenvalue weighted by molar-refractivity contribution is -0.385. The summed E-state index contributed by atoms with van der Waals surface area (Å²) >= 11 is 0. The molecule has 8 rings (SSSR count). The fourth-order valence-electron chi connectivity index (χ4n) is 6.60. The molecular weight excluding hydrogens is 775 g/mol. The van der Waals surface area contributed by atoms with Crippen LogP contribution in [0.15, 0.2) is 85.2 Å². The quantitative estimate of drug-likeness (QED) is 0.132. The molecule has 2 aromatic carbocycles. The molecule has 0 saturated carbocycles. The molecule has 0 radical (unpaired) electrons. The molecule has 60 heavy (non-hydrogen) atoms. The molecule has 2 aliphatic heterocycles. The number of nitro groups is 1. The van der Waals surface area contributed by atoms with Gasteiger partial charge in [-0.2, -0.15) is 0 Å². The highest BCUT2D eigenvalue weighted by Crippen LogP contribution is 2.28. The molecule has 2 amide bonds. The fraction of sp³-hybridized carbons (Fsp3) is 0.256. The van der Waals surface area contributed by atoms with Gasteiger partial charge in [0, 0.05) is 73.8 Å². The Hall–Kier alpha value is -7.14. The van der Waals surface area contributed by atoms with Crippen LogP contribution in [0.5, 0.6) is 0 Å². The van der Waals surface area contributed by atoms with E-state index in [0.717, 1.165) is 47.4 Å². The third-order valence-electron chi connectivity index (χ3n) is 9.82. The second kappa shape index (κ2) is 19.1. The lowest BCUT2D eigenvalue weighted by Gasteiger charge is -2.16. The number of amides is 2. The van der Waals surface area contributed by atoms with E-state index < -0.39 is 4.92 Å². The molecule has 0 unspecified atom stereocenters. The van der Waals surface area contributed by atoms with Crippen LogP contribution >= 0.6 is 0 Å². The first kappa shape index (κ1) is 42.5. The molecule has 2 aliphatic rings. The third-order valence-corrected chi connectivity index (χ3v) is 9.82. The molecule has 3 N–H and O–H groups in total. The zero-order valence-corrected chi connectivity index (χ0v) is 33.2. The number of nitrogen functional groups attached to an aromatic ring is 1. The molecule has 0 bridgehead atoms. The minimum Gasteiger partial charge on any atom is -0.400 e. The normalized spacial score (nSPS) is 12.4. The summed E-state index contributed by atoms with van der Waals surface area (Å²) in [6.07, 6.45) is 4.88. The smallest absolute Gasteiger partial charge is 0.291 e. The first-order valence-corrected chi connectivity index (χ1v) is 19.1. The Morgan fingerprint density at radius 1 is 0.667 bits per heavy atom. The predicted octanol–water partition coefficient (Wildman–Crippen LogP) is 5.75. The van der Waals surface area contributed by atoms with E-state index >= 15 is 0 Å². The van der Waals surface area contributed by atoms with Crippen molar-refractivity contribution in [1.82, 2.24) is 39.7 Å². The molecule has 17 heteroatoms. The van der Waals surface area contributed by atoms with E-state index in [1.165, 1.54) is 48.5 Å². The number of nitrogens with zero attached hydrogens (tertiary/aromatic N) is 9. The summed E-state index contributed by atoms with van der Waals surface area (Å²) in [5.74, 6) is 0.458. The number of hydrogen-bond donors (Lipinski definition) is 2. The number of halogens is 2. The van der Waals surface area contributed by atoms with Gasteiger partial charge in [-0.1, -0.05) is 13.8 Å². The van der Waals surface area contributed by atoms with Crippen molar-refractivity contribution >= 4 is 23.2 Å². The molecule has 4 aromatic heterocycles. The predicted molar refractivity (Wildman–Crippen MR) is 217 cm³/mol. The van der Waals surface area contributed by atoms with Crippen LogP contribution in [0.1, 0.15) is 59.4 Å². The van der Waals surface area contributed by atoms with Crippen LogP contribution in [0.4, 0.5) is 20.2 Å². The summed E-state index contributed by atoms with van der Waals surface area (Å²) in [4.78, 5) is 66.3. The summed E-state index contributed by atoms with van der Waals surface area (Å²) in [5, 5.41) is 18.4. The van der Waals surface area contributed by atoms with Crippen molar-refractivity contribution in [2.45, 2.75) is 65.7 Å². The standard InChI is InChI=1S/C21H18FN5O3.C21H20FN5O.CH4O/c1-2-20-23-10-14-11-26(12-18(14)25-20)21(28)9-17-19(27(29)30)8-7-16(24-17)13-3-5-15(22)6-4-13;1-2-20-24-10-14-11-27(12-19(14)26-20)21(28)9-18-16(23)7-8-17(25-18)13-3-5-15(22)6-4-13;1-2/h3-8,10H,2,9,11-12H2,1H3;3-8,10H,2,9,11-12,23H2,1H3;2H,1H3. The molecular formula is C43H42F2N10O5. The van der Waals surface area contributed by atoms with Gasteiger partial charge >= 0.3 is 0 Å². The number of benzene rings is 2. The highest BCUT2D eigenvalue weighted by Gasteiger charge is 2.29. The topological polar surface area (TPSA) is 207 Å². The average molecular weight is 817 g/mol. The highest BCUT2D eigenvalue weighted by atomic mass is 19.1. The van der Waals surface area contributed by atoms with E-state index in [-0.39, 0.29) is 47.7 Å². The maximum absolute atomic E-state index is 13.2. The van der Waals surface area contributed by atoms with Gasteiger partial charge < -0.3 is 20.6 Å². The SMILES string of the molecule is CCc1ncc2c(n1)CN(C(=O)Cc1nc(-c3ccc(F)cc3)ccc1N)C2.CCc1ncc2c(n1)CN(C(=O)Cc1nc(-c3ccc(F)cc3)ccc1[N+](=O)[O-])C2.CO. The van der Waals surface area contributed by atoms with Gasteiger partial charge in [0.25, 0.3) is 5.69 Å². The van der Waals surface area contributed by atoms with Crippen LogP contribution in [-0.2, 0) is 61.5 Å². The van der Waals surface area contributed by atoms with Crippen LogP contribution in [0.3, 0.4) is 0 Å². The van der Waals surface area contributed by atoms with Crippen molar-refractivity contribution in [1.29, 1.82) is 0 Å². The van der Waals surface area contributed by atoms with Gasteiger partial charge in [0.05, 0.1) is 65.0 Å². The number of aryl methyl sites for hydroxylation is 2. The Labute approximate surface area is 344 Å². The molecule has 6 heterocycles. The number of hydrogen-bond acceptors (Lipinski definition) is 12. The number of aliphatic hydroxyl groups is 1. The van der Waals surface area contributed by atoms with Crippen molar-refractivity contribution in [2.75, 3.05) is 12.8 Å². The maximum Gasteiger partial charge on any atom is 0.291 e. The van der Waals surface area contributed by atoms with Gasteiger partial charge in [0.1, 0.15) is 29.0 Å². The van der Waals surface area contributed by atoms with E-state index in [1.807, 2.05) is 13.8 Å². The van der Waals surface area contributed by atoms with Crippen LogP contribution < -0.4 is 5.73 Å². The maximum atomic E-state index is 13.2. The minimum atomic E-state index is -0.554. The van der Waals surface area contributed by atoms with Gasteiger partial charge in [0.15, 0.2) is 0 Å². The number of nitrogens with two attached hydrogens (primary N) is 1. The number of rotatable bonds is 9. The monoisotopic (exact) mass is 816 g/mol. The van der Waals surface area contributed by atoms with Gasteiger partial charge in [0.2, 0.25) is 11.8 Å². The van der Waals surface area contributed by atoms with E-state index in [9.17, 15) is 28.5 Å². The van der Waals surface area contributed by atoms with Crippen molar-refractivity contribution < 1.29 is 28.4 Å². The number of carbonyl (C=O) groups excluding carboxylic acids is 2. The summed E-state index contributed by atoms with van der Waals surface area (Å²) in [5.41, 5.74) is 12.9. The molecule has 0 saturated heterocycles. The zero-order valence-electron chi connectivity index (χ0n) is 33.2. The van der Waals surface area contributed by atoms with Crippen LogP contribution in [-0.4, -0.2) is 68.7 Å². The van der Waals surface area contributed by atoms with Crippen LogP contribution in [0, 0.1) is 21.7 Å². The molecule has 0 atom stereocenters. The van der Waals surface area contributed by atoms with E-state index in [0.29, 0.717) is 66.8 Å². The minimum absolute atomic E-state index is 0.0634. The summed E-state index contributed by atoms with van der Waals surface area (Å²) in [6.45, 7) is 5.64. The lowest BCUT2D eigenvalue weighted by atomic mass is 10.1. The van der Waals surface area contributed by atoms with E-state index in [4.69, 9.17) is 10.8 Å². The number of aliphatic hydroxyl groups excluding tert-OH is 1. The van der Waals surface area contributed by atoms with Crippen LogP contribution in [0.2, 0.25) is 0 Å². The largest absolute Gasteiger partial charge is 0.400 e. The molecule has 308 valence electrons. The van der Waals surface area contributed by atoms with Crippen LogP contribution in [0.25, 0.3) is 22.5 Å². The third kappa shape index (κ3) is 9.93. The summed E-state index contributed by atoms with van der Waals surface area (Å²) in [7, 11) is 1.00. The molecule has 15 nitrogen and oxygen atoms in total. The summed E-state index contributed by atoms with van der Waals surface area (Å²) in [6, 6.07) is 18.0. The first-order valence-electron chi connectivity index (χ1n) is 19.1. The van der Waals surface area contributed by atoms with Crippen molar-refractivity contribution in [2.24, 2.45) is 0 Å². The number of aromatic nitrogens is 6. The highest BCUT2D eigenvalue weighted by molar-refractivity contribution is 5.81. The zero-order chi connectivity index (χ0) is 42.9. The second-order valence-electron chi connectivity index (χ2n) is 13.7. The van der Waals surface area contributed by atoms with E-state index in [1.54, 1.807) is 46.5 Å².